The average Bonchev–Trinajstić information content (AvgIpc) is 2.57. The van der Waals surface area contributed by atoms with E-state index < -0.39 is 18.2 Å². The molecule has 0 saturated carbocycles. The number of benzene rings is 1. The van der Waals surface area contributed by atoms with Crippen molar-refractivity contribution in [1.29, 1.82) is 0 Å². The van der Waals surface area contributed by atoms with Crippen molar-refractivity contribution < 1.29 is 14.6 Å². The maximum Gasteiger partial charge on any atom is 0.346 e. The molecule has 90 valence electrons. The fraction of sp³-hybridized carbons (Fsp3) is 0.182. The van der Waals surface area contributed by atoms with Crippen LogP contribution in [0.4, 0.5) is 0 Å². The fourth-order valence-electron chi connectivity index (χ4n) is 1.48. The Bertz CT molecular complexity index is 484. The Morgan fingerprint density at radius 1 is 1.29 bits per heavy atom. The summed E-state index contributed by atoms with van der Waals surface area (Å²) in [5.74, 6) is -0.491. The molecule has 17 heavy (non-hydrogen) atoms. The van der Waals surface area contributed by atoms with Crippen LogP contribution in [0, 0.1) is 0 Å². The van der Waals surface area contributed by atoms with Gasteiger partial charge in [-0.3, -0.25) is 0 Å². The van der Waals surface area contributed by atoms with Gasteiger partial charge in [0, 0.05) is 5.02 Å². The summed E-state index contributed by atoms with van der Waals surface area (Å²) in [4.78, 5) is 11.3. The van der Waals surface area contributed by atoms with Crippen molar-refractivity contribution in [1.82, 2.24) is 0 Å². The molecule has 2 rings (SSSR count). The van der Waals surface area contributed by atoms with E-state index in [4.69, 9.17) is 16.3 Å². The predicted octanol–water partition coefficient (Wildman–Crippen LogP) is 3.30. The van der Waals surface area contributed by atoms with Crippen LogP contribution < -0.4 is 0 Å². The first-order valence-corrected chi connectivity index (χ1v) is 6.67. The number of halogens is 3. The molecule has 1 aliphatic heterocycles. The second-order valence-corrected chi connectivity index (χ2v) is 5.57. The Balaban J connectivity index is 2.25. The molecule has 0 unspecified atom stereocenters. The third-order valence-corrected chi connectivity index (χ3v) is 4.75. The molecular weight excluding hydrogens is 375 g/mol. The Morgan fingerprint density at radius 3 is 2.35 bits per heavy atom. The van der Waals surface area contributed by atoms with E-state index in [0.717, 1.165) is 0 Å². The summed E-state index contributed by atoms with van der Waals surface area (Å²) >= 11 is 12.1. The molecule has 1 aromatic rings. The zero-order chi connectivity index (χ0) is 12.6. The van der Waals surface area contributed by atoms with E-state index in [1.807, 2.05) is 0 Å². The molecule has 1 aliphatic rings. The molecule has 1 heterocycles. The van der Waals surface area contributed by atoms with Crippen LogP contribution in [0.2, 0.25) is 5.02 Å². The summed E-state index contributed by atoms with van der Waals surface area (Å²) in [6.07, 6.45) is -1.65. The van der Waals surface area contributed by atoms with Crippen molar-refractivity contribution in [2.75, 3.05) is 0 Å². The van der Waals surface area contributed by atoms with E-state index in [9.17, 15) is 9.90 Å². The normalized spacial score (nSPS) is 21.6. The van der Waals surface area contributed by atoms with Gasteiger partial charge in [-0.1, -0.05) is 23.7 Å². The third-order valence-electron chi connectivity index (χ3n) is 2.37. The zero-order valence-corrected chi connectivity index (χ0v) is 12.3. The lowest BCUT2D eigenvalue weighted by molar-refractivity contribution is -0.143. The van der Waals surface area contributed by atoms with Crippen molar-refractivity contribution in [2.24, 2.45) is 0 Å². The number of hydrogen-bond donors (Lipinski definition) is 1. The van der Waals surface area contributed by atoms with Gasteiger partial charge < -0.3 is 9.84 Å². The Labute approximate surface area is 120 Å². The third kappa shape index (κ3) is 2.57. The lowest BCUT2D eigenvalue weighted by Gasteiger charge is -2.18. The van der Waals surface area contributed by atoms with Crippen molar-refractivity contribution in [3.8, 4) is 0 Å². The molecule has 0 bridgehead atoms. The van der Waals surface area contributed by atoms with Gasteiger partial charge in [-0.15, -0.1) is 0 Å². The number of cyclic esters (lactones) is 1. The van der Waals surface area contributed by atoms with Gasteiger partial charge in [0.1, 0.15) is 10.6 Å². The van der Waals surface area contributed by atoms with E-state index >= 15 is 0 Å². The first-order chi connectivity index (χ1) is 8.00. The summed E-state index contributed by atoms with van der Waals surface area (Å²) in [7, 11) is 0. The van der Waals surface area contributed by atoms with Crippen LogP contribution >= 0.6 is 43.5 Å². The molecule has 1 aromatic carbocycles. The molecular formula is C11H7Br2ClO3. The summed E-state index contributed by atoms with van der Waals surface area (Å²) in [6, 6.07) is 6.72. The number of hydrogen-bond acceptors (Lipinski definition) is 3. The van der Waals surface area contributed by atoms with Gasteiger partial charge in [-0.05, 0) is 49.6 Å². The molecule has 0 spiro atoms. The number of esters is 1. The first kappa shape index (κ1) is 13.1. The SMILES string of the molecule is O=C1O[C@@H]([C@H](O)c2ccc(Cl)cc2)C(Br)=C1Br. The van der Waals surface area contributed by atoms with E-state index in [-0.39, 0.29) is 0 Å². The lowest BCUT2D eigenvalue weighted by atomic mass is 10.0. The number of aliphatic hydroxyl groups is 1. The van der Waals surface area contributed by atoms with Crippen LogP contribution in [0.5, 0.6) is 0 Å². The molecule has 3 nitrogen and oxygen atoms in total. The van der Waals surface area contributed by atoms with Gasteiger partial charge in [-0.25, -0.2) is 4.79 Å². The molecule has 0 aliphatic carbocycles. The Kier molecular flexibility index (Phi) is 3.92. The quantitative estimate of drug-likeness (QED) is 0.799. The van der Waals surface area contributed by atoms with Crippen molar-refractivity contribution >= 4 is 49.4 Å². The fourth-order valence-corrected chi connectivity index (χ4v) is 2.43. The van der Waals surface area contributed by atoms with Crippen LogP contribution in [0.15, 0.2) is 33.2 Å². The molecule has 1 N–H and O–H groups in total. The van der Waals surface area contributed by atoms with Gasteiger partial charge >= 0.3 is 5.97 Å². The number of ether oxygens (including phenoxy) is 1. The first-order valence-electron chi connectivity index (χ1n) is 4.70. The number of carbonyl (C=O) groups is 1. The van der Waals surface area contributed by atoms with Gasteiger partial charge in [0.15, 0.2) is 6.10 Å². The van der Waals surface area contributed by atoms with E-state index in [2.05, 4.69) is 31.9 Å². The minimum Gasteiger partial charge on any atom is -0.450 e. The van der Waals surface area contributed by atoms with Crippen LogP contribution in [-0.2, 0) is 9.53 Å². The maximum atomic E-state index is 11.3. The molecule has 0 radical (unpaired) electrons. The minimum absolute atomic E-state index is 0.301. The van der Waals surface area contributed by atoms with Crippen LogP contribution in [-0.4, -0.2) is 17.2 Å². The van der Waals surface area contributed by atoms with Crippen molar-refractivity contribution in [3.05, 3.63) is 43.8 Å². The van der Waals surface area contributed by atoms with Gasteiger partial charge in [0.2, 0.25) is 0 Å². The van der Waals surface area contributed by atoms with Gasteiger partial charge in [0.25, 0.3) is 0 Å². The van der Waals surface area contributed by atoms with Crippen LogP contribution in [0.3, 0.4) is 0 Å². The van der Waals surface area contributed by atoms with Crippen molar-refractivity contribution in [2.45, 2.75) is 12.2 Å². The topological polar surface area (TPSA) is 46.5 Å². The summed E-state index contributed by atoms with van der Waals surface area (Å²) < 4.78 is 5.85. The van der Waals surface area contributed by atoms with E-state index in [1.54, 1.807) is 24.3 Å². The van der Waals surface area contributed by atoms with Crippen LogP contribution in [0.25, 0.3) is 0 Å². The number of aliphatic hydroxyl groups excluding tert-OH is 1. The minimum atomic E-state index is -0.930. The van der Waals surface area contributed by atoms with Gasteiger partial charge in [0.05, 0.1) is 4.48 Å². The highest BCUT2D eigenvalue weighted by Gasteiger charge is 2.36. The lowest BCUT2D eigenvalue weighted by Crippen LogP contribution is -2.20. The number of rotatable bonds is 2. The molecule has 0 saturated heterocycles. The Hall–Kier alpha value is -0.360. The smallest absolute Gasteiger partial charge is 0.346 e. The largest absolute Gasteiger partial charge is 0.450 e. The highest BCUT2D eigenvalue weighted by atomic mass is 79.9. The average molecular weight is 382 g/mol. The molecule has 0 fully saturated rings. The van der Waals surface area contributed by atoms with Gasteiger partial charge in [-0.2, -0.15) is 0 Å². The second kappa shape index (κ2) is 5.10. The number of carbonyl (C=O) groups excluding carboxylic acids is 1. The second-order valence-electron chi connectivity index (χ2n) is 3.48. The predicted molar refractivity (Wildman–Crippen MR) is 71.2 cm³/mol. The van der Waals surface area contributed by atoms with E-state index in [1.165, 1.54) is 0 Å². The van der Waals surface area contributed by atoms with Crippen LogP contribution in [0.1, 0.15) is 11.7 Å². The van der Waals surface area contributed by atoms with E-state index in [0.29, 0.717) is 19.6 Å². The summed E-state index contributed by atoms with van der Waals surface area (Å²) in [6.45, 7) is 0. The Morgan fingerprint density at radius 2 is 1.88 bits per heavy atom. The highest BCUT2D eigenvalue weighted by molar-refractivity contribution is 9.14. The standard InChI is InChI=1S/C11H7Br2ClO3/c12-7-8(13)11(16)17-10(7)9(15)5-1-3-6(14)4-2-5/h1-4,9-10,15H/t9-,10-/m1/s1. The van der Waals surface area contributed by atoms with Crippen molar-refractivity contribution in [3.63, 3.8) is 0 Å². The zero-order valence-electron chi connectivity index (χ0n) is 8.36. The molecule has 0 amide bonds. The molecule has 6 heteroatoms. The molecule has 2 atom stereocenters. The monoisotopic (exact) mass is 380 g/mol. The maximum absolute atomic E-state index is 11.3. The summed E-state index contributed by atoms with van der Waals surface area (Å²) in [5, 5.41) is 10.7. The summed E-state index contributed by atoms with van der Waals surface area (Å²) in [5.41, 5.74) is 0.631. The highest BCUT2D eigenvalue weighted by Crippen LogP contribution is 2.37. The molecule has 0 aromatic heterocycles.